The Morgan fingerprint density at radius 1 is 1.29 bits per heavy atom. The van der Waals surface area contributed by atoms with Crippen LogP contribution >= 0.6 is 0 Å². The van der Waals surface area contributed by atoms with Gasteiger partial charge in [0.1, 0.15) is 11.6 Å². The summed E-state index contributed by atoms with van der Waals surface area (Å²) in [7, 11) is 0. The van der Waals surface area contributed by atoms with E-state index in [2.05, 4.69) is 24.1 Å². The van der Waals surface area contributed by atoms with Gasteiger partial charge in [0.05, 0.1) is 6.20 Å². The van der Waals surface area contributed by atoms with Gasteiger partial charge in [-0.25, -0.2) is 9.37 Å². The van der Waals surface area contributed by atoms with Crippen LogP contribution in [-0.2, 0) is 0 Å². The molecule has 0 amide bonds. The quantitative estimate of drug-likeness (QED) is 0.862. The maximum Gasteiger partial charge on any atom is 0.141 e. The average molecular weight is 236 g/mol. The third kappa shape index (κ3) is 3.18. The van der Waals surface area contributed by atoms with Crippen LogP contribution in [0.2, 0.25) is 0 Å². The summed E-state index contributed by atoms with van der Waals surface area (Å²) in [5, 5.41) is 3.46. The molecule has 0 bridgehead atoms. The fourth-order valence-corrected chi connectivity index (χ4v) is 2.79. The maximum atomic E-state index is 12.8. The Hall–Kier alpha value is -1.12. The molecular weight excluding hydrogens is 215 g/mol. The highest BCUT2D eigenvalue weighted by Crippen LogP contribution is 2.31. The summed E-state index contributed by atoms with van der Waals surface area (Å²) in [5.41, 5.74) is 0. The van der Waals surface area contributed by atoms with Crippen LogP contribution in [0.4, 0.5) is 10.2 Å². The van der Waals surface area contributed by atoms with Crippen molar-refractivity contribution < 1.29 is 4.39 Å². The molecule has 1 saturated carbocycles. The number of halogens is 1. The minimum Gasteiger partial charge on any atom is -0.367 e. The Morgan fingerprint density at radius 3 is 2.71 bits per heavy atom. The van der Waals surface area contributed by atoms with Gasteiger partial charge in [0, 0.05) is 6.04 Å². The molecule has 1 aromatic heterocycles. The van der Waals surface area contributed by atoms with Gasteiger partial charge in [-0.3, -0.25) is 0 Å². The first-order valence-electron chi connectivity index (χ1n) is 6.55. The average Bonchev–Trinajstić information content (AvgIpc) is 2.32. The van der Waals surface area contributed by atoms with Gasteiger partial charge in [-0.15, -0.1) is 0 Å². The first-order valence-corrected chi connectivity index (χ1v) is 6.55. The highest BCUT2D eigenvalue weighted by atomic mass is 19.1. The smallest absolute Gasteiger partial charge is 0.141 e. The van der Waals surface area contributed by atoms with Crippen LogP contribution in [0.15, 0.2) is 18.3 Å². The number of nitrogens with one attached hydrogen (secondary N) is 1. The van der Waals surface area contributed by atoms with Gasteiger partial charge in [-0.05, 0) is 36.8 Å². The zero-order chi connectivity index (χ0) is 12.3. The fraction of sp³-hybridized carbons (Fsp3) is 0.643. The molecule has 1 heterocycles. The molecule has 1 aromatic rings. The van der Waals surface area contributed by atoms with Crippen LogP contribution in [0, 0.1) is 17.7 Å². The summed E-state index contributed by atoms with van der Waals surface area (Å²) in [6.45, 7) is 4.56. The normalized spacial score (nSPS) is 24.9. The summed E-state index contributed by atoms with van der Waals surface area (Å²) in [5.74, 6) is 1.91. The molecule has 2 unspecified atom stereocenters. The molecule has 1 N–H and O–H groups in total. The Morgan fingerprint density at radius 2 is 2.06 bits per heavy atom. The monoisotopic (exact) mass is 236 g/mol. The molecule has 0 aromatic carbocycles. The van der Waals surface area contributed by atoms with Crippen molar-refractivity contribution in [1.29, 1.82) is 0 Å². The molecule has 3 heteroatoms. The van der Waals surface area contributed by atoms with E-state index in [9.17, 15) is 4.39 Å². The first-order chi connectivity index (χ1) is 8.16. The minimum atomic E-state index is -0.278. The zero-order valence-electron chi connectivity index (χ0n) is 10.6. The number of hydrogen-bond donors (Lipinski definition) is 1. The molecule has 1 fully saturated rings. The van der Waals surface area contributed by atoms with Crippen LogP contribution in [0.5, 0.6) is 0 Å². The van der Waals surface area contributed by atoms with E-state index in [0.717, 1.165) is 5.82 Å². The highest BCUT2D eigenvalue weighted by Gasteiger charge is 2.27. The van der Waals surface area contributed by atoms with Crippen LogP contribution in [0.1, 0.15) is 39.5 Å². The van der Waals surface area contributed by atoms with E-state index in [4.69, 9.17) is 0 Å². The van der Waals surface area contributed by atoms with E-state index in [1.165, 1.54) is 37.9 Å². The number of rotatable bonds is 3. The largest absolute Gasteiger partial charge is 0.367 e. The molecule has 2 rings (SSSR count). The lowest BCUT2D eigenvalue weighted by atomic mass is 9.78. The van der Waals surface area contributed by atoms with Crippen molar-refractivity contribution in [2.45, 2.75) is 45.6 Å². The van der Waals surface area contributed by atoms with Gasteiger partial charge in [-0.2, -0.15) is 0 Å². The van der Waals surface area contributed by atoms with E-state index in [1.54, 1.807) is 6.07 Å². The summed E-state index contributed by atoms with van der Waals surface area (Å²) < 4.78 is 12.8. The topological polar surface area (TPSA) is 24.9 Å². The van der Waals surface area contributed by atoms with Crippen molar-refractivity contribution in [3.8, 4) is 0 Å². The zero-order valence-corrected chi connectivity index (χ0v) is 10.6. The number of nitrogens with zero attached hydrogens (tertiary/aromatic N) is 1. The lowest BCUT2D eigenvalue weighted by Gasteiger charge is -2.35. The molecule has 17 heavy (non-hydrogen) atoms. The third-order valence-corrected chi connectivity index (χ3v) is 3.74. The van der Waals surface area contributed by atoms with E-state index in [-0.39, 0.29) is 5.82 Å². The Kier molecular flexibility index (Phi) is 3.97. The van der Waals surface area contributed by atoms with Crippen molar-refractivity contribution in [2.24, 2.45) is 11.8 Å². The molecule has 2 nitrogen and oxygen atoms in total. The van der Waals surface area contributed by atoms with Gasteiger partial charge >= 0.3 is 0 Å². The van der Waals surface area contributed by atoms with E-state index in [1.807, 2.05) is 0 Å². The van der Waals surface area contributed by atoms with Crippen molar-refractivity contribution in [3.63, 3.8) is 0 Å². The lowest BCUT2D eigenvalue weighted by molar-refractivity contribution is 0.253. The lowest BCUT2D eigenvalue weighted by Crippen LogP contribution is -2.35. The molecule has 1 aliphatic carbocycles. The molecular formula is C14H21FN2. The summed E-state index contributed by atoms with van der Waals surface area (Å²) in [4.78, 5) is 4.08. The maximum absolute atomic E-state index is 12.8. The van der Waals surface area contributed by atoms with Crippen molar-refractivity contribution >= 4 is 5.82 Å². The Labute approximate surface area is 103 Å². The molecule has 0 saturated heterocycles. The van der Waals surface area contributed by atoms with Gasteiger partial charge in [0.2, 0.25) is 0 Å². The molecule has 2 atom stereocenters. The number of aromatic nitrogens is 1. The summed E-state index contributed by atoms with van der Waals surface area (Å²) in [6.07, 6.45) is 6.37. The predicted molar refractivity (Wildman–Crippen MR) is 68.4 cm³/mol. The van der Waals surface area contributed by atoms with E-state index < -0.39 is 0 Å². The highest BCUT2D eigenvalue weighted by molar-refractivity contribution is 5.35. The standard InChI is InChI=1S/C14H21FN2/c1-10(2)12-5-3-4-6-13(12)17-14-8-7-11(15)9-16-14/h7-10,12-13H,3-6H2,1-2H3,(H,16,17). The predicted octanol–water partition coefficient (Wildman–Crippen LogP) is 3.85. The fourth-order valence-electron chi connectivity index (χ4n) is 2.79. The van der Waals surface area contributed by atoms with Crippen molar-refractivity contribution in [3.05, 3.63) is 24.1 Å². The number of anilines is 1. The molecule has 0 aliphatic heterocycles. The van der Waals surface area contributed by atoms with Crippen LogP contribution in [0.3, 0.4) is 0 Å². The van der Waals surface area contributed by atoms with Crippen LogP contribution in [0.25, 0.3) is 0 Å². The molecule has 1 aliphatic rings. The van der Waals surface area contributed by atoms with Crippen LogP contribution < -0.4 is 5.32 Å². The van der Waals surface area contributed by atoms with Crippen LogP contribution in [-0.4, -0.2) is 11.0 Å². The first kappa shape index (κ1) is 12.3. The molecule has 94 valence electrons. The van der Waals surface area contributed by atoms with E-state index >= 15 is 0 Å². The second-order valence-corrected chi connectivity index (χ2v) is 5.30. The SMILES string of the molecule is CC(C)C1CCCCC1Nc1ccc(F)cn1. The summed E-state index contributed by atoms with van der Waals surface area (Å²) in [6, 6.07) is 3.67. The van der Waals surface area contributed by atoms with Gasteiger partial charge in [0.15, 0.2) is 0 Å². The second kappa shape index (κ2) is 5.48. The molecule has 0 radical (unpaired) electrons. The third-order valence-electron chi connectivity index (χ3n) is 3.74. The molecule has 0 spiro atoms. The second-order valence-electron chi connectivity index (χ2n) is 5.30. The van der Waals surface area contributed by atoms with Gasteiger partial charge < -0.3 is 5.32 Å². The number of hydrogen-bond acceptors (Lipinski definition) is 2. The number of pyridine rings is 1. The van der Waals surface area contributed by atoms with E-state index in [0.29, 0.717) is 17.9 Å². The van der Waals surface area contributed by atoms with Crippen molar-refractivity contribution in [2.75, 3.05) is 5.32 Å². The Balaban J connectivity index is 2.02. The summed E-state index contributed by atoms with van der Waals surface area (Å²) >= 11 is 0. The van der Waals surface area contributed by atoms with Gasteiger partial charge in [0.25, 0.3) is 0 Å². The van der Waals surface area contributed by atoms with Gasteiger partial charge in [-0.1, -0.05) is 26.7 Å². The Bertz CT molecular complexity index is 348. The van der Waals surface area contributed by atoms with Crippen molar-refractivity contribution in [1.82, 2.24) is 4.98 Å². The minimum absolute atomic E-state index is 0.278.